The Morgan fingerprint density at radius 1 is 0.409 bits per heavy atom. The lowest BCUT2D eigenvalue weighted by molar-refractivity contribution is -0.152. The molecule has 0 heterocycles. The molecule has 0 bridgehead atoms. The van der Waals surface area contributed by atoms with Crippen LogP contribution in [0.15, 0.2) is 0 Å². The van der Waals surface area contributed by atoms with Crippen molar-refractivity contribution < 1.29 is 24.2 Å². The smallest absolute Gasteiger partial charge is 0.305 e. The molecule has 0 aliphatic carbocycles. The maximum absolute atomic E-state index is 11.9. The van der Waals surface area contributed by atoms with E-state index in [-0.39, 0.29) is 25.2 Å². The number of unbranched alkanes of at least 4 members (excludes halogenated alkanes) is 22. The number of carbonyl (C=O) groups excluding carboxylic acids is 2. The molecular formula is C39H76O5. The average Bonchev–Trinajstić information content (AvgIpc) is 2.98. The maximum atomic E-state index is 11.9. The normalized spacial score (nSPS) is 12.2. The quantitative estimate of drug-likeness (QED) is 0.0569. The van der Waals surface area contributed by atoms with E-state index in [0.717, 1.165) is 43.9 Å². The van der Waals surface area contributed by atoms with Crippen molar-refractivity contribution in [3.05, 3.63) is 0 Å². The van der Waals surface area contributed by atoms with E-state index in [1.807, 2.05) is 0 Å². The third kappa shape index (κ3) is 35.4. The lowest BCUT2D eigenvalue weighted by Gasteiger charge is -2.12. The van der Waals surface area contributed by atoms with Gasteiger partial charge in [-0.15, -0.1) is 0 Å². The first-order valence-corrected chi connectivity index (χ1v) is 19.3. The first-order valence-electron chi connectivity index (χ1n) is 19.3. The molecule has 44 heavy (non-hydrogen) atoms. The molecule has 0 saturated heterocycles. The number of hydrogen-bond acceptors (Lipinski definition) is 5. The summed E-state index contributed by atoms with van der Waals surface area (Å²) >= 11 is 0. The molecule has 0 fully saturated rings. The topological polar surface area (TPSA) is 72.8 Å². The molecule has 0 aromatic rings. The van der Waals surface area contributed by atoms with Gasteiger partial charge in [0.25, 0.3) is 0 Å². The summed E-state index contributed by atoms with van der Waals surface area (Å²) in [5.74, 6) is 1.08. The van der Waals surface area contributed by atoms with Crippen LogP contribution >= 0.6 is 0 Å². The summed E-state index contributed by atoms with van der Waals surface area (Å²) in [6.45, 7) is 8.95. The summed E-state index contributed by atoms with van der Waals surface area (Å²) in [6.07, 6.45) is 33.2. The monoisotopic (exact) mass is 625 g/mol. The minimum Gasteiger partial charge on any atom is -0.463 e. The van der Waals surface area contributed by atoms with Gasteiger partial charge in [-0.2, -0.15) is 0 Å². The second-order valence-electron chi connectivity index (χ2n) is 14.4. The van der Waals surface area contributed by atoms with Crippen LogP contribution in [-0.2, 0) is 19.1 Å². The third-order valence-electron chi connectivity index (χ3n) is 8.70. The summed E-state index contributed by atoms with van der Waals surface area (Å²) in [5.41, 5.74) is 0. The summed E-state index contributed by atoms with van der Waals surface area (Å²) < 4.78 is 10.3. The molecule has 1 atom stereocenters. The Balaban J connectivity index is 3.35. The van der Waals surface area contributed by atoms with E-state index in [2.05, 4.69) is 27.7 Å². The van der Waals surface area contributed by atoms with E-state index in [1.54, 1.807) is 0 Å². The van der Waals surface area contributed by atoms with Crippen LogP contribution in [0.5, 0.6) is 0 Å². The Morgan fingerprint density at radius 3 is 0.886 bits per heavy atom. The van der Waals surface area contributed by atoms with Crippen LogP contribution in [-0.4, -0.2) is 36.4 Å². The van der Waals surface area contributed by atoms with Gasteiger partial charge in [-0.05, 0) is 24.7 Å². The first-order chi connectivity index (χ1) is 21.3. The fourth-order valence-corrected chi connectivity index (χ4v) is 5.75. The van der Waals surface area contributed by atoms with Gasteiger partial charge in [0.1, 0.15) is 19.3 Å². The Labute approximate surface area is 274 Å². The zero-order valence-electron chi connectivity index (χ0n) is 30.0. The van der Waals surface area contributed by atoms with Gasteiger partial charge in [0, 0.05) is 12.8 Å². The highest BCUT2D eigenvalue weighted by molar-refractivity contribution is 5.69. The fourth-order valence-electron chi connectivity index (χ4n) is 5.75. The van der Waals surface area contributed by atoms with E-state index in [1.165, 1.54) is 135 Å². The summed E-state index contributed by atoms with van der Waals surface area (Å²) in [6, 6.07) is 0. The van der Waals surface area contributed by atoms with Crippen LogP contribution in [0.2, 0.25) is 0 Å². The van der Waals surface area contributed by atoms with Crippen molar-refractivity contribution in [1.82, 2.24) is 0 Å². The van der Waals surface area contributed by atoms with Crippen molar-refractivity contribution in [2.45, 2.75) is 214 Å². The highest BCUT2D eigenvalue weighted by Gasteiger charge is 2.12. The first kappa shape index (κ1) is 42.9. The molecule has 1 N–H and O–H groups in total. The molecule has 262 valence electrons. The Hall–Kier alpha value is -1.10. The largest absolute Gasteiger partial charge is 0.463 e. The van der Waals surface area contributed by atoms with E-state index in [0.29, 0.717) is 12.8 Å². The number of carbonyl (C=O) groups is 2. The molecule has 0 unspecified atom stereocenters. The summed E-state index contributed by atoms with van der Waals surface area (Å²) in [7, 11) is 0. The molecule has 0 spiro atoms. The molecule has 0 saturated carbocycles. The minimum absolute atomic E-state index is 0.110. The predicted molar refractivity (Wildman–Crippen MR) is 187 cm³/mol. The zero-order valence-corrected chi connectivity index (χ0v) is 30.0. The summed E-state index contributed by atoms with van der Waals surface area (Å²) in [4.78, 5) is 23.8. The lowest BCUT2D eigenvalue weighted by atomic mass is 10.0. The number of rotatable bonds is 34. The molecule has 5 nitrogen and oxygen atoms in total. The van der Waals surface area contributed by atoms with Gasteiger partial charge in [-0.3, -0.25) is 9.59 Å². The van der Waals surface area contributed by atoms with E-state index < -0.39 is 6.10 Å². The highest BCUT2D eigenvalue weighted by atomic mass is 16.6. The predicted octanol–water partition coefficient (Wildman–Crippen LogP) is 11.7. The number of aliphatic hydroxyl groups excluding tert-OH is 1. The van der Waals surface area contributed by atoms with Crippen molar-refractivity contribution in [2.75, 3.05) is 13.2 Å². The van der Waals surface area contributed by atoms with Gasteiger partial charge in [-0.1, -0.05) is 182 Å². The van der Waals surface area contributed by atoms with Gasteiger partial charge in [0.2, 0.25) is 0 Å². The van der Waals surface area contributed by atoms with Crippen LogP contribution in [0.4, 0.5) is 0 Å². The fraction of sp³-hybridized carbons (Fsp3) is 0.949. The average molecular weight is 625 g/mol. The van der Waals surface area contributed by atoms with Crippen molar-refractivity contribution in [2.24, 2.45) is 11.8 Å². The molecule has 5 heteroatoms. The van der Waals surface area contributed by atoms with Crippen molar-refractivity contribution >= 4 is 11.9 Å². The molecule has 0 aliphatic rings. The number of ether oxygens (including phenoxy) is 2. The number of aliphatic hydroxyl groups is 1. The molecule has 0 rings (SSSR count). The highest BCUT2D eigenvalue weighted by Crippen LogP contribution is 2.16. The van der Waals surface area contributed by atoms with Gasteiger partial charge in [0.15, 0.2) is 0 Å². The van der Waals surface area contributed by atoms with Crippen LogP contribution in [0, 0.1) is 11.8 Å². The Bertz CT molecular complexity index is 618. The Morgan fingerprint density at radius 2 is 0.636 bits per heavy atom. The molecular weight excluding hydrogens is 548 g/mol. The number of esters is 2. The van der Waals surface area contributed by atoms with Crippen LogP contribution in [0.3, 0.4) is 0 Å². The third-order valence-corrected chi connectivity index (χ3v) is 8.70. The van der Waals surface area contributed by atoms with Gasteiger partial charge < -0.3 is 14.6 Å². The SMILES string of the molecule is CC(C)CCCCCCCCCCCCCCCCCCCCC(=O)OC[C@@H](O)COC(=O)CCCCCCCCC(C)C. The standard InChI is InChI=1S/C39H76O5/c1-35(2)29-25-21-17-15-13-11-9-7-5-6-8-10-12-14-16-18-23-27-31-38(41)43-33-37(40)34-44-39(42)32-28-24-20-19-22-26-30-36(3)4/h35-37,40H,5-34H2,1-4H3/t37-/m1/s1. The molecule has 0 amide bonds. The van der Waals surface area contributed by atoms with Crippen molar-refractivity contribution in [3.63, 3.8) is 0 Å². The molecule has 0 aliphatic heterocycles. The van der Waals surface area contributed by atoms with Gasteiger partial charge in [-0.25, -0.2) is 0 Å². The Kier molecular flexibility index (Phi) is 32.4. The van der Waals surface area contributed by atoms with Crippen molar-refractivity contribution in [3.8, 4) is 0 Å². The van der Waals surface area contributed by atoms with Crippen LogP contribution in [0.1, 0.15) is 207 Å². The maximum Gasteiger partial charge on any atom is 0.305 e. The minimum atomic E-state index is -0.956. The van der Waals surface area contributed by atoms with E-state index in [9.17, 15) is 14.7 Å². The molecule has 0 aromatic carbocycles. The van der Waals surface area contributed by atoms with Gasteiger partial charge in [0.05, 0.1) is 0 Å². The lowest BCUT2D eigenvalue weighted by Crippen LogP contribution is -2.25. The van der Waals surface area contributed by atoms with Crippen molar-refractivity contribution in [1.29, 1.82) is 0 Å². The number of hydrogen-bond donors (Lipinski definition) is 1. The second-order valence-corrected chi connectivity index (χ2v) is 14.4. The molecule has 0 aromatic heterocycles. The summed E-state index contributed by atoms with van der Waals surface area (Å²) in [5, 5.41) is 9.97. The van der Waals surface area contributed by atoms with Crippen LogP contribution < -0.4 is 0 Å². The molecule has 0 radical (unpaired) electrons. The van der Waals surface area contributed by atoms with E-state index in [4.69, 9.17) is 9.47 Å². The zero-order chi connectivity index (χ0) is 32.5. The second kappa shape index (κ2) is 33.3. The van der Waals surface area contributed by atoms with Crippen LogP contribution in [0.25, 0.3) is 0 Å². The van der Waals surface area contributed by atoms with Gasteiger partial charge >= 0.3 is 11.9 Å². The van der Waals surface area contributed by atoms with E-state index >= 15 is 0 Å².